The second kappa shape index (κ2) is 5.34. The van der Waals surface area contributed by atoms with Crippen LogP contribution in [0.5, 0.6) is 0 Å². The molecule has 0 aliphatic carbocycles. The van der Waals surface area contributed by atoms with Gasteiger partial charge in [-0.3, -0.25) is 9.69 Å². The van der Waals surface area contributed by atoms with E-state index in [1.807, 2.05) is 29.6 Å². The summed E-state index contributed by atoms with van der Waals surface area (Å²) in [6, 6.07) is 7.97. The number of carbonyl (C=O) groups is 1. The fourth-order valence-corrected chi connectivity index (χ4v) is 3.47. The molecule has 0 fully saturated rings. The van der Waals surface area contributed by atoms with Crippen molar-refractivity contribution in [3.8, 4) is 0 Å². The van der Waals surface area contributed by atoms with Gasteiger partial charge >= 0.3 is 5.97 Å². The van der Waals surface area contributed by atoms with Crippen molar-refractivity contribution in [2.75, 3.05) is 6.54 Å². The van der Waals surface area contributed by atoms with Crippen LogP contribution in [0.25, 0.3) is 0 Å². The summed E-state index contributed by atoms with van der Waals surface area (Å²) in [6.45, 7) is 3.40. The Kier molecular flexibility index (Phi) is 3.54. The van der Waals surface area contributed by atoms with Crippen molar-refractivity contribution in [2.45, 2.75) is 25.4 Å². The van der Waals surface area contributed by atoms with Crippen LogP contribution in [-0.4, -0.2) is 27.5 Å². The van der Waals surface area contributed by atoms with E-state index in [0.29, 0.717) is 6.54 Å². The number of carboxylic acids is 1. The fourth-order valence-electron chi connectivity index (χ4n) is 2.74. The average Bonchev–Trinajstić information content (AvgIpc) is 2.99. The summed E-state index contributed by atoms with van der Waals surface area (Å²) in [6.07, 6.45) is 1.79. The monoisotopic (exact) mass is 288 g/mol. The molecule has 2 heterocycles. The van der Waals surface area contributed by atoms with Crippen LogP contribution in [0.4, 0.5) is 0 Å². The first-order valence-electron chi connectivity index (χ1n) is 6.61. The lowest BCUT2D eigenvalue weighted by Gasteiger charge is -2.35. The number of thiazole rings is 1. The van der Waals surface area contributed by atoms with Gasteiger partial charge in [0.15, 0.2) is 0 Å². The summed E-state index contributed by atoms with van der Waals surface area (Å²) < 4.78 is 0. The maximum Gasteiger partial charge on any atom is 0.312 e. The van der Waals surface area contributed by atoms with E-state index in [-0.39, 0.29) is 6.04 Å². The third-order valence-corrected chi connectivity index (χ3v) is 4.82. The number of aromatic nitrogens is 1. The van der Waals surface area contributed by atoms with Gasteiger partial charge in [0.1, 0.15) is 5.01 Å². The van der Waals surface area contributed by atoms with Crippen LogP contribution in [0, 0.1) is 0 Å². The number of carboxylic acid groups (broad SMARTS) is 1. The van der Waals surface area contributed by atoms with E-state index in [1.54, 1.807) is 17.5 Å². The molecule has 0 amide bonds. The Morgan fingerprint density at radius 3 is 3.00 bits per heavy atom. The molecule has 3 rings (SSSR count). The second-order valence-corrected chi connectivity index (χ2v) is 5.99. The minimum Gasteiger partial charge on any atom is -0.481 e. The van der Waals surface area contributed by atoms with E-state index in [0.717, 1.165) is 22.7 Å². The summed E-state index contributed by atoms with van der Waals surface area (Å²) in [4.78, 5) is 18.1. The molecule has 1 aromatic carbocycles. The Hall–Kier alpha value is -1.72. The first-order valence-corrected chi connectivity index (χ1v) is 7.49. The lowest BCUT2D eigenvalue weighted by Crippen LogP contribution is -2.38. The molecule has 1 N–H and O–H groups in total. The molecule has 1 aromatic heterocycles. The maximum absolute atomic E-state index is 11.5. The number of hydrogen-bond acceptors (Lipinski definition) is 4. The van der Waals surface area contributed by atoms with E-state index < -0.39 is 11.9 Å². The van der Waals surface area contributed by atoms with Gasteiger partial charge in [-0.1, -0.05) is 24.3 Å². The first-order chi connectivity index (χ1) is 9.66. The molecule has 5 heteroatoms. The van der Waals surface area contributed by atoms with E-state index in [1.165, 1.54) is 0 Å². The Morgan fingerprint density at radius 1 is 1.50 bits per heavy atom. The van der Waals surface area contributed by atoms with E-state index in [9.17, 15) is 9.90 Å². The molecule has 4 nitrogen and oxygen atoms in total. The van der Waals surface area contributed by atoms with Gasteiger partial charge in [-0.05, 0) is 18.1 Å². The Morgan fingerprint density at radius 2 is 2.30 bits per heavy atom. The zero-order chi connectivity index (χ0) is 14.1. The van der Waals surface area contributed by atoms with Crippen LogP contribution in [-0.2, 0) is 11.3 Å². The number of fused-ring (bicyclic) bond motifs is 1. The predicted molar refractivity (Wildman–Crippen MR) is 77.8 cm³/mol. The molecule has 2 unspecified atom stereocenters. The van der Waals surface area contributed by atoms with Crippen molar-refractivity contribution in [3.63, 3.8) is 0 Å². The van der Waals surface area contributed by atoms with Gasteiger partial charge in [0.2, 0.25) is 0 Å². The number of aliphatic carboxylic acids is 1. The van der Waals surface area contributed by atoms with Crippen molar-refractivity contribution in [3.05, 3.63) is 52.0 Å². The number of nitrogens with zero attached hydrogens (tertiary/aromatic N) is 2. The van der Waals surface area contributed by atoms with Gasteiger partial charge < -0.3 is 5.11 Å². The Balaban J connectivity index is 1.92. The molecule has 0 saturated carbocycles. The van der Waals surface area contributed by atoms with Crippen LogP contribution in [0.2, 0.25) is 0 Å². The maximum atomic E-state index is 11.5. The molecule has 1 aliphatic heterocycles. The van der Waals surface area contributed by atoms with Crippen LogP contribution in [0.3, 0.4) is 0 Å². The third kappa shape index (κ3) is 2.34. The summed E-state index contributed by atoms with van der Waals surface area (Å²) >= 11 is 1.62. The average molecular weight is 288 g/mol. The SMILES string of the molecule is CC(c1nccs1)N1Cc2ccccc2C(C(=O)O)C1. The van der Waals surface area contributed by atoms with Gasteiger partial charge in [-0.2, -0.15) is 0 Å². The van der Waals surface area contributed by atoms with Crippen molar-refractivity contribution in [2.24, 2.45) is 0 Å². The number of rotatable bonds is 3. The van der Waals surface area contributed by atoms with Crippen molar-refractivity contribution in [1.82, 2.24) is 9.88 Å². The first kappa shape index (κ1) is 13.3. The van der Waals surface area contributed by atoms with Crippen LogP contribution < -0.4 is 0 Å². The summed E-state index contributed by atoms with van der Waals surface area (Å²) in [5.74, 6) is -1.21. The summed E-state index contributed by atoms with van der Waals surface area (Å²) in [5.41, 5.74) is 2.05. The second-order valence-electron chi connectivity index (χ2n) is 5.07. The number of benzene rings is 1. The zero-order valence-corrected chi connectivity index (χ0v) is 12.0. The molecule has 20 heavy (non-hydrogen) atoms. The standard InChI is InChI=1S/C15H16N2O2S/c1-10(14-16-6-7-20-14)17-8-11-4-2-3-5-12(11)13(9-17)15(18)19/h2-7,10,13H,8-9H2,1H3,(H,18,19). The Bertz CT molecular complexity index is 612. The highest BCUT2D eigenvalue weighted by atomic mass is 32.1. The molecule has 1 aliphatic rings. The molecule has 2 atom stereocenters. The normalized spacial score (nSPS) is 20.4. The smallest absolute Gasteiger partial charge is 0.312 e. The lowest BCUT2D eigenvalue weighted by atomic mass is 9.89. The number of hydrogen-bond donors (Lipinski definition) is 1. The minimum atomic E-state index is -0.756. The molecule has 2 aromatic rings. The van der Waals surface area contributed by atoms with Gasteiger partial charge in [-0.25, -0.2) is 4.98 Å². The van der Waals surface area contributed by atoms with E-state index in [4.69, 9.17) is 0 Å². The predicted octanol–water partition coefficient (Wildman–Crippen LogP) is 2.89. The summed E-state index contributed by atoms with van der Waals surface area (Å²) in [7, 11) is 0. The molecular weight excluding hydrogens is 272 g/mol. The van der Waals surface area contributed by atoms with E-state index in [2.05, 4.69) is 16.8 Å². The Labute approximate surface area is 121 Å². The van der Waals surface area contributed by atoms with Crippen molar-refractivity contribution >= 4 is 17.3 Å². The van der Waals surface area contributed by atoms with Crippen molar-refractivity contribution in [1.29, 1.82) is 0 Å². The molecule has 0 bridgehead atoms. The highest BCUT2D eigenvalue weighted by molar-refractivity contribution is 7.09. The molecule has 0 spiro atoms. The van der Waals surface area contributed by atoms with Gasteiger partial charge in [0, 0.05) is 24.7 Å². The molecule has 0 radical (unpaired) electrons. The molecule has 0 saturated heterocycles. The largest absolute Gasteiger partial charge is 0.481 e. The fraction of sp³-hybridized carbons (Fsp3) is 0.333. The van der Waals surface area contributed by atoms with Gasteiger partial charge in [0.05, 0.1) is 12.0 Å². The molecular formula is C15H16N2O2S. The van der Waals surface area contributed by atoms with Gasteiger partial charge in [-0.15, -0.1) is 11.3 Å². The van der Waals surface area contributed by atoms with Crippen molar-refractivity contribution < 1.29 is 9.90 Å². The highest BCUT2D eigenvalue weighted by Crippen LogP contribution is 2.33. The van der Waals surface area contributed by atoms with Crippen LogP contribution in [0.1, 0.15) is 35.0 Å². The van der Waals surface area contributed by atoms with Gasteiger partial charge in [0.25, 0.3) is 0 Å². The third-order valence-electron chi connectivity index (χ3n) is 3.88. The topological polar surface area (TPSA) is 53.4 Å². The molecule has 104 valence electrons. The summed E-state index contributed by atoms with van der Waals surface area (Å²) in [5, 5.41) is 12.5. The zero-order valence-electron chi connectivity index (χ0n) is 11.2. The quantitative estimate of drug-likeness (QED) is 0.943. The van der Waals surface area contributed by atoms with Crippen LogP contribution in [0.15, 0.2) is 35.8 Å². The lowest BCUT2D eigenvalue weighted by molar-refractivity contribution is -0.139. The highest BCUT2D eigenvalue weighted by Gasteiger charge is 2.32. The van der Waals surface area contributed by atoms with Crippen LogP contribution >= 0.6 is 11.3 Å². The minimum absolute atomic E-state index is 0.144. The van der Waals surface area contributed by atoms with E-state index >= 15 is 0 Å².